The third-order valence-corrected chi connectivity index (χ3v) is 7.66. The zero-order chi connectivity index (χ0) is 22.2. The van der Waals surface area contributed by atoms with E-state index in [4.69, 9.17) is 23.2 Å². The van der Waals surface area contributed by atoms with E-state index in [1.54, 1.807) is 0 Å². The van der Waals surface area contributed by atoms with Gasteiger partial charge in [0.25, 0.3) is 0 Å². The molecule has 0 aliphatic carbocycles. The molecular formula is C23H21Cl2FN2O2S. The summed E-state index contributed by atoms with van der Waals surface area (Å²) in [5.41, 5.74) is 2.11. The Morgan fingerprint density at radius 2 is 1.39 bits per heavy atom. The first-order valence-electron chi connectivity index (χ1n) is 9.79. The third kappa shape index (κ3) is 4.78. The van der Waals surface area contributed by atoms with Crippen molar-refractivity contribution in [2.75, 3.05) is 6.54 Å². The van der Waals surface area contributed by atoms with Crippen LogP contribution in [0.3, 0.4) is 0 Å². The predicted octanol–water partition coefficient (Wildman–Crippen LogP) is 5.27. The number of nitrogens with zero attached hydrogens (tertiary/aromatic N) is 1. The molecule has 1 fully saturated rings. The summed E-state index contributed by atoms with van der Waals surface area (Å²) in [6.45, 7) is 2.51. The van der Waals surface area contributed by atoms with Crippen LogP contribution in [-0.4, -0.2) is 31.9 Å². The molecule has 4 nitrogen and oxygen atoms in total. The lowest BCUT2D eigenvalue weighted by atomic mass is 9.89. The minimum Gasteiger partial charge on any atom is -0.286 e. The van der Waals surface area contributed by atoms with Crippen molar-refractivity contribution in [1.82, 2.24) is 9.62 Å². The molecule has 3 aromatic carbocycles. The van der Waals surface area contributed by atoms with Gasteiger partial charge in [-0.15, -0.1) is 0 Å². The van der Waals surface area contributed by atoms with Crippen LogP contribution in [0.5, 0.6) is 0 Å². The molecule has 8 heteroatoms. The lowest BCUT2D eigenvalue weighted by molar-refractivity contribution is 0.0370. The Kier molecular flexibility index (Phi) is 6.37. The summed E-state index contributed by atoms with van der Waals surface area (Å²) < 4.78 is 41.3. The first-order valence-corrected chi connectivity index (χ1v) is 12.0. The van der Waals surface area contributed by atoms with Gasteiger partial charge in [0.1, 0.15) is 5.82 Å². The van der Waals surface area contributed by atoms with Crippen molar-refractivity contribution in [1.29, 1.82) is 0 Å². The van der Waals surface area contributed by atoms with Crippen molar-refractivity contribution in [2.24, 2.45) is 0 Å². The van der Waals surface area contributed by atoms with Gasteiger partial charge in [-0.1, -0.05) is 47.5 Å². The van der Waals surface area contributed by atoms with Gasteiger partial charge < -0.3 is 0 Å². The second kappa shape index (κ2) is 8.88. The maximum absolute atomic E-state index is 13.2. The van der Waals surface area contributed by atoms with Crippen LogP contribution in [-0.2, 0) is 10.0 Å². The first kappa shape index (κ1) is 22.2. The van der Waals surface area contributed by atoms with E-state index in [1.807, 2.05) is 55.5 Å². The van der Waals surface area contributed by atoms with Crippen molar-refractivity contribution in [3.8, 4) is 0 Å². The third-order valence-electron chi connectivity index (χ3n) is 5.65. The van der Waals surface area contributed by atoms with Crippen LogP contribution in [0, 0.1) is 5.82 Å². The van der Waals surface area contributed by atoms with Crippen LogP contribution in [0.15, 0.2) is 77.7 Å². The Labute approximate surface area is 191 Å². The van der Waals surface area contributed by atoms with Gasteiger partial charge in [0.05, 0.1) is 17.0 Å². The highest BCUT2D eigenvalue weighted by atomic mass is 35.5. The Hall–Kier alpha value is -1.96. The highest BCUT2D eigenvalue weighted by Gasteiger charge is 2.42. The predicted molar refractivity (Wildman–Crippen MR) is 121 cm³/mol. The summed E-state index contributed by atoms with van der Waals surface area (Å²) in [6, 6.07) is 19.7. The number of likely N-dealkylation sites (tertiary alicyclic amines) is 1. The summed E-state index contributed by atoms with van der Waals surface area (Å²) in [7, 11) is -3.74. The fraction of sp³-hybridized carbons (Fsp3) is 0.217. The largest absolute Gasteiger partial charge is 0.286 e. The van der Waals surface area contributed by atoms with Gasteiger partial charge in [-0.05, 0) is 66.6 Å². The number of halogens is 3. The van der Waals surface area contributed by atoms with Crippen LogP contribution in [0.4, 0.5) is 4.39 Å². The topological polar surface area (TPSA) is 49.4 Å². The van der Waals surface area contributed by atoms with Crippen LogP contribution in [0.1, 0.15) is 24.1 Å². The Morgan fingerprint density at radius 1 is 0.903 bits per heavy atom. The number of rotatable bonds is 6. The summed E-state index contributed by atoms with van der Waals surface area (Å²) in [4.78, 5) is 2.27. The van der Waals surface area contributed by atoms with Crippen LogP contribution in [0.25, 0.3) is 0 Å². The van der Waals surface area contributed by atoms with E-state index in [0.717, 1.165) is 23.3 Å². The van der Waals surface area contributed by atoms with Crippen molar-refractivity contribution in [2.45, 2.75) is 29.9 Å². The molecule has 0 bridgehead atoms. The first-order chi connectivity index (χ1) is 14.7. The second-order valence-electron chi connectivity index (χ2n) is 7.62. The fourth-order valence-electron chi connectivity index (χ4n) is 3.86. The molecule has 1 heterocycles. The molecule has 0 spiro atoms. The highest BCUT2D eigenvalue weighted by Crippen LogP contribution is 2.37. The molecule has 2 unspecified atom stereocenters. The van der Waals surface area contributed by atoms with Gasteiger partial charge in [-0.2, -0.15) is 0 Å². The molecular weight excluding hydrogens is 458 g/mol. The van der Waals surface area contributed by atoms with Gasteiger partial charge in [-0.3, -0.25) is 4.90 Å². The number of sulfonamides is 1. The Morgan fingerprint density at radius 3 is 1.84 bits per heavy atom. The van der Waals surface area contributed by atoms with Crippen molar-refractivity contribution >= 4 is 33.2 Å². The number of hydrogen-bond donors (Lipinski definition) is 1. The minimum absolute atomic E-state index is 0.0477. The molecule has 0 aromatic heterocycles. The monoisotopic (exact) mass is 478 g/mol. The average molecular weight is 479 g/mol. The lowest BCUT2D eigenvalue weighted by Gasteiger charge is -2.50. The van der Waals surface area contributed by atoms with Crippen LogP contribution < -0.4 is 4.72 Å². The number of hydrogen-bond acceptors (Lipinski definition) is 3. The van der Waals surface area contributed by atoms with Crippen molar-refractivity contribution < 1.29 is 12.8 Å². The van der Waals surface area contributed by atoms with E-state index < -0.39 is 15.8 Å². The summed E-state index contributed by atoms with van der Waals surface area (Å²) in [5, 5.41) is 1.31. The van der Waals surface area contributed by atoms with Gasteiger partial charge in [0.15, 0.2) is 0 Å². The summed E-state index contributed by atoms with van der Waals surface area (Å²) >= 11 is 12.1. The minimum atomic E-state index is -3.74. The molecule has 0 amide bonds. The van der Waals surface area contributed by atoms with Crippen molar-refractivity contribution in [3.63, 3.8) is 0 Å². The lowest BCUT2D eigenvalue weighted by Crippen LogP contribution is -2.66. The maximum atomic E-state index is 13.2. The summed E-state index contributed by atoms with van der Waals surface area (Å²) in [6.07, 6.45) is 0. The maximum Gasteiger partial charge on any atom is 0.240 e. The van der Waals surface area contributed by atoms with E-state index in [2.05, 4.69) is 9.62 Å². The number of benzene rings is 3. The standard InChI is InChI=1S/C23H21Cl2FN2O2S/c1-15-22(27-31(29,30)21-12-10-20(26)11-13-21)14-28(15)23(16-2-6-18(24)7-3-16)17-4-8-19(25)9-5-17/h2-13,15,22-23,27H,14H2,1H3. The van der Waals surface area contributed by atoms with Gasteiger partial charge >= 0.3 is 0 Å². The van der Waals surface area contributed by atoms with Gasteiger partial charge in [0, 0.05) is 22.6 Å². The van der Waals surface area contributed by atoms with Gasteiger partial charge in [0.2, 0.25) is 10.0 Å². The molecule has 1 saturated heterocycles. The molecule has 4 rings (SSSR count). The molecule has 0 radical (unpaired) electrons. The zero-order valence-corrected chi connectivity index (χ0v) is 19.0. The SMILES string of the molecule is CC1C(NS(=O)(=O)c2ccc(F)cc2)CN1C(c1ccc(Cl)cc1)c1ccc(Cl)cc1. The fourth-order valence-corrected chi connectivity index (χ4v) is 5.41. The van der Waals surface area contributed by atoms with Gasteiger partial charge in [-0.25, -0.2) is 17.5 Å². The molecule has 31 heavy (non-hydrogen) atoms. The highest BCUT2D eigenvalue weighted by molar-refractivity contribution is 7.89. The molecule has 1 aliphatic heterocycles. The second-order valence-corrected chi connectivity index (χ2v) is 10.2. The molecule has 162 valence electrons. The molecule has 1 aliphatic rings. The number of nitrogens with one attached hydrogen (secondary N) is 1. The Balaban J connectivity index is 1.56. The summed E-state index contributed by atoms with van der Waals surface area (Å²) in [5.74, 6) is -0.476. The van der Waals surface area contributed by atoms with Crippen LogP contribution in [0.2, 0.25) is 10.0 Å². The molecule has 1 N–H and O–H groups in total. The molecule has 0 saturated carbocycles. The zero-order valence-electron chi connectivity index (χ0n) is 16.7. The smallest absolute Gasteiger partial charge is 0.240 e. The average Bonchev–Trinajstić information content (AvgIpc) is 2.75. The van der Waals surface area contributed by atoms with E-state index >= 15 is 0 Å². The molecule has 3 aromatic rings. The van der Waals surface area contributed by atoms with Crippen LogP contribution >= 0.6 is 23.2 Å². The van der Waals surface area contributed by atoms with E-state index in [0.29, 0.717) is 16.6 Å². The van der Waals surface area contributed by atoms with E-state index in [9.17, 15) is 12.8 Å². The quantitative estimate of drug-likeness (QED) is 0.524. The van der Waals surface area contributed by atoms with Crippen molar-refractivity contribution in [3.05, 3.63) is 99.8 Å². The van der Waals surface area contributed by atoms with E-state index in [-0.39, 0.29) is 23.0 Å². The normalized spacial score (nSPS) is 19.4. The Bertz CT molecular complexity index is 1110. The van der Waals surface area contributed by atoms with E-state index in [1.165, 1.54) is 12.1 Å². The molecule has 2 atom stereocenters.